The van der Waals surface area contributed by atoms with Crippen LogP contribution in [-0.2, 0) is 14.3 Å². The predicted octanol–water partition coefficient (Wildman–Crippen LogP) is 2.65. The summed E-state index contributed by atoms with van der Waals surface area (Å²) in [7, 11) is 0. The first-order valence-corrected chi connectivity index (χ1v) is 8.74. The van der Waals surface area contributed by atoms with Gasteiger partial charge in [-0.05, 0) is 30.4 Å². The molecule has 130 valence electrons. The van der Waals surface area contributed by atoms with Crippen LogP contribution in [-0.4, -0.2) is 11.8 Å². The Kier molecular flexibility index (Phi) is 3.59. The number of allylic oxidation sites excluding steroid dienone is 1. The number of imide groups is 1. The molecule has 6 heteroatoms. The standard InChI is InChI=1S/C20H17N3O3/c21-11-19-14-9-5-2-6-10-15(14)26-16(13-7-3-1-4-8-13)20(19,12-22)18(25)23-17(19)24/h1,3-4,7-8,16H,2,5-6,9-10H2,(H,23,24,25). The Hall–Kier alpha value is -3.12. The third-order valence-electron chi connectivity index (χ3n) is 5.74. The Bertz CT molecular complexity index is 908. The third-order valence-corrected chi connectivity index (χ3v) is 5.74. The summed E-state index contributed by atoms with van der Waals surface area (Å²) in [5.41, 5.74) is -2.65. The van der Waals surface area contributed by atoms with Gasteiger partial charge in [0.25, 0.3) is 11.8 Å². The van der Waals surface area contributed by atoms with E-state index in [0.717, 1.165) is 19.3 Å². The number of amides is 2. The molecule has 26 heavy (non-hydrogen) atoms. The largest absolute Gasteiger partial charge is 0.488 e. The van der Waals surface area contributed by atoms with Gasteiger partial charge in [-0.3, -0.25) is 14.9 Å². The van der Waals surface area contributed by atoms with Crippen LogP contribution in [0.5, 0.6) is 0 Å². The van der Waals surface area contributed by atoms with Crippen LogP contribution >= 0.6 is 0 Å². The molecule has 1 aromatic rings. The fraction of sp³-hybridized carbons (Fsp3) is 0.400. The van der Waals surface area contributed by atoms with Gasteiger partial charge in [0.2, 0.25) is 5.41 Å². The Morgan fingerprint density at radius 1 is 1.00 bits per heavy atom. The van der Waals surface area contributed by atoms with Gasteiger partial charge in [0.05, 0.1) is 17.9 Å². The Labute approximate surface area is 151 Å². The first-order chi connectivity index (χ1) is 12.6. The number of rotatable bonds is 1. The zero-order chi connectivity index (χ0) is 18.4. The molecule has 0 bridgehead atoms. The van der Waals surface area contributed by atoms with Crippen molar-refractivity contribution in [2.45, 2.75) is 38.2 Å². The quantitative estimate of drug-likeness (QED) is 0.787. The lowest BCUT2D eigenvalue weighted by Gasteiger charge is -2.44. The van der Waals surface area contributed by atoms with Gasteiger partial charge in [0.15, 0.2) is 11.5 Å². The topological polar surface area (TPSA) is 103 Å². The molecule has 1 aromatic carbocycles. The highest BCUT2D eigenvalue weighted by Gasteiger charge is 2.76. The number of nitriles is 2. The maximum Gasteiger partial charge on any atom is 0.253 e. The number of benzene rings is 1. The van der Waals surface area contributed by atoms with E-state index in [-0.39, 0.29) is 0 Å². The van der Waals surface area contributed by atoms with Crippen LogP contribution in [0.15, 0.2) is 41.7 Å². The molecule has 0 spiro atoms. The van der Waals surface area contributed by atoms with Gasteiger partial charge in [-0.15, -0.1) is 0 Å². The molecule has 1 aliphatic carbocycles. The van der Waals surface area contributed by atoms with Crippen LogP contribution in [0, 0.1) is 33.5 Å². The van der Waals surface area contributed by atoms with E-state index in [1.54, 1.807) is 24.3 Å². The summed E-state index contributed by atoms with van der Waals surface area (Å²) in [4.78, 5) is 25.8. The monoisotopic (exact) mass is 347 g/mol. The zero-order valence-electron chi connectivity index (χ0n) is 14.1. The average molecular weight is 347 g/mol. The minimum Gasteiger partial charge on any atom is -0.488 e. The summed E-state index contributed by atoms with van der Waals surface area (Å²) in [5, 5.41) is 22.5. The van der Waals surface area contributed by atoms with E-state index in [0.29, 0.717) is 29.7 Å². The molecule has 0 radical (unpaired) electrons. The van der Waals surface area contributed by atoms with Gasteiger partial charge in [-0.25, -0.2) is 0 Å². The number of fused-ring (bicyclic) bond motifs is 2. The van der Waals surface area contributed by atoms with Gasteiger partial charge in [-0.1, -0.05) is 36.8 Å². The van der Waals surface area contributed by atoms with Crippen molar-refractivity contribution < 1.29 is 14.3 Å². The van der Waals surface area contributed by atoms with Crippen LogP contribution in [0.25, 0.3) is 0 Å². The summed E-state index contributed by atoms with van der Waals surface area (Å²) in [5.74, 6) is -0.866. The number of nitrogens with one attached hydrogen (secondary N) is 1. The molecule has 1 fully saturated rings. The molecule has 3 aliphatic rings. The molecule has 3 unspecified atom stereocenters. The maximum atomic E-state index is 12.9. The van der Waals surface area contributed by atoms with E-state index in [2.05, 4.69) is 11.4 Å². The molecule has 0 saturated carbocycles. The van der Waals surface area contributed by atoms with E-state index < -0.39 is 28.7 Å². The summed E-state index contributed by atoms with van der Waals surface area (Å²) in [6.45, 7) is 0. The first kappa shape index (κ1) is 16.4. The van der Waals surface area contributed by atoms with Crippen molar-refractivity contribution in [2.24, 2.45) is 10.8 Å². The van der Waals surface area contributed by atoms with E-state index in [4.69, 9.17) is 4.74 Å². The summed E-state index contributed by atoms with van der Waals surface area (Å²) < 4.78 is 6.20. The molecule has 4 rings (SSSR count). The van der Waals surface area contributed by atoms with Crippen molar-refractivity contribution in [3.8, 4) is 12.1 Å². The normalized spacial score (nSPS) is 33.1. The van der Waals surface area contributed by atoms with Gasteiger partial charge in [0, 0.05) is 6.42 Å². The molecule has 2 amide bonds. The molecule has 2 aliphatic heterocycles. The van der Waals surface area contributed by atoms with E-state index in [1.807, 2.05) is 12.1 Å². The highest BCUT2D eigenvalue weighted by Crippen LogP contribution is 2.62. The van der Waals surface area contributed by atoms with E-state index >= 15 is 0 Å². The second-order valence-corrected chi connectivity index (χ2v) is 6.94. The van der Waals surface area contributed by atoms with Crippen molar-refractivity contribution in [2.75, 3.05) is 0 Å². The van der Waals surface area contributed by atoms with Gasteiger partial charge in [0.1, 0.15) is 0 Å². The molecule has 0 aromatic heterocycles. The first-order valence-electron chi connectivity index (χ1n) is 8.74. The van der Waals surface area contributed by atoms with E-state index in [1.165, 1.54) is 0 Å². The fourth-order valence-electron chi connectivity index (χ4n) is 4.49. The molecule has 2 heterocycles. The third kappa shape index (κ3) is 1.79. The number of hydrogen-bond acceptors (Lipinski definition) is 5. The molecule has 1 saturated heterocycles. The van der Waals surface area contributed by atoms with Crippen LogP contribution in [0.1, 0.15) is 43.8 Å². The smallest absolute Gasteiger partial charge is 0.253 e. The van der Waals surface area contributed by atoms with E-state index in [9.17, 15) is 20.1 Å². The van der Waals surface area contributed by atoms with Crippen molar-refractivity contribution in [3.63, 3.8) is 0 Å². The van der Waals surface area contributed by atoms with Crippen molar-refractivity contribution in [1.29, 1.82) is 10.5 Å². The number of carbonyl (C=O) groups is 2. The highest BCUT2D eigenvalue weighted by atomic mass is 16.5. The average Bonchev–Trinajstić information content (AvgIpc) is 2.82. The minimum absolute atomic E-state index is 0.481. The second kappa shape index (κ2) is 5.71. The summed E-state index contributed by atoms with van der Waals surface area (Å²) in [6.07, 6.45) is 2.71. The molecule has 6 nitrogen and oxygen atoms in total. The van der Waals surface area contributed by atoms with Gasteiger partial charge in [-0.2, -0.15) is 10.5 Å². The minimum atomic E-state index is -1.93. The molecule has 1 N–H and O–H groups in total. The second-order valence-electron chi connectivity index (χ2n) is 6.94. The Morgan fingerprint density at radius 2 is 1.73 bits per heavy atom. The molecule has 3 atom stereocenters. The van der Waals surface area contributed by atoms with Crippen LogP contribution < -0.4 is 5.32 Å². The van der Waals surface area contributed by atoms with Gasteiger partial charge >= 0.3 is 0 Å². The maximum absolute atomic E-state index is 12.9. The molecular formula is C20H17N3O3. The SMILES string of the molecule is N#CC12C(=O)NC(=O)C1(C#N)C(c1ccccc1)OC1=C2CCCCC1. The number of hydrogen-bond donors (Lipinski definition) is 1. The van der Waals surface area contributed by atoms with Gasteiger partial charge < -0.3 is 4.74 Å². The van der Waals surface area contributed by atoms with Crippen molar-refractivity contribution in [3.05, 3.63) is 47.2 Å². The lowest BCUT2D eigenvalue weighted by atomic mass is 9.56. The fourth-order valence-corrected chi connectivity index (χ4v) is 4.49. The van der Waals surface area contributed by atoms with Crippen LogP contribution in [0.2, 0.25) is 0 Å². The number of ether oxygens (including phenoxy) is 1. The summed E-state index contributed by atoms with van der Waals surface area (Å²) >= 11 is 0. The lowest BCUT2D eigenvalue weighted by molar-refractivity contribution is -0.138. The van der Waals surface area contributed by atoms with Crippen LogP contribution in [0.3, 0.4) is 0 Å². The van der Waals surface area contributed by atoms with Crippen LogP contribution in [0.4, 0.5) is 0 Å². The highest BCUT2D eigenvalue weighted by molar-refractivity contribution is 6.15. The van der Waals surface area contributed by atoms with Crippen molar-refractivity contribution >= 4 is 11.8 Å². The predicted molar refractivity (Wildman–Crippen MR) is 89.6 cm³/mol. The Morgan fingerprint density at radius 3 is 2.42 bits per heavy atom. The summed E-state index contributed by atoms with van der Waals surface area (Å²) in [6, 6.07) is 13.0. The molecular weight excluding hydrogens is 330 g/mol. The number of carbonyl (C=O) groups excluding carboxylic acids is 2. The lowest BCUT2D eigenvalue weighted by Crippen LogP contribution is -2.52. The van der Waals surface area contributed by atoms with Crippen molar-refractivity contribution in [1.82, 2.24) is 5.32 Å². The number of nitrogens with zero attached hydrogens (tertiary/aromatic N) is 2. The Balaban J connectivity index is 2.05. The zero-order valence-corrected chi connectivity index (χ0v) is 14.1.